The summed E-state index contributed by atoms with van der Waals surface area (Å²) in [6.07, 6.45) is 4.56. The second-order valence-electron chi connectivity index (χ2n) is 4.85. The Morgan fingerprint density at radius 1 is 1.35 bits per heavy atom. The predicted molar refractivity (Wildman–Crippen MR) is 72.0 cm³/mol. The molecule has 3 nitrogen and oxygen atoms in total. The van der Waals surface area contributed by atoms with Crippen LogP contribution in [0.5, 0.6) is 0 Å². The van der Waals surface area contributed by atoms with Crippen molar-refractivity contribution in [3.63, 3.8) is 0 Å². The molecule has 1 N–H and O–H groups in total. The fourth-order valence-electron chi connectivity index (χ4n) is 2.67. The van der Waals surface area contributed by atoms with Gasteiger partial charge in [-0.1, -0.05) is 12.1 Å². The normalized spacial score (nSPS) is 24.2. The summed E-state index contributed by atoms with van der Waals surface area (Å²) in [4.78, 5) is 6.51. The molecular weight excluding hydrogens is 210 g/mol. The lowest BCUT2D eigenvalue weighted by atomic mass is 9.91. The highest BCUT2D eigenvalue weighted by atomic mass is 15.2. The molecule has 0 aliphatic carbocycles. The van der Waals surface area contributed by atoms with E-state index < -0.39 is 0 Å². The molecule has 1 saturated heterocycles. The molecule has 2 heterocycles. The summed E-state index contributed by atoms with van der Waals surface area (Å²) in [7, 11) is 0. The van der Waals surface area contributed by atoms with Crippen molar-refractivity contribution in [2.24, 2.45) is 4.99 Å². The van der Waals surface area contributed by atoms with Gasteiger partial charge < -0.3 is 10.2 Å². The molecule has 0 aromatic heterocycles. The van der Waals surface area contributed by atoms with E-state index in [0.717, 1.165) is 19.6 Å². The van der Waals surface area contributed by atoms with Crippen LogP contribution < -0.4 is 10.2 Å². The van der Waals surface area contributed by atoms with E-state index in [1.807, 2.05) is 6.34 Å². The highest BCUT2D eigenvalue weighted by Crippen LogP contribution is 2.26. The fourth-order valence-corrected chi connectivity index (χ4v) is 2.67. The van der Waals surface area contributed by atoms with E-state index in [1.54, 1.807) is 0 Å². The van der Waals surface area contributed by atoms with Crippen molar-refractivity contribution in [1.82, 2.24) is 5.32 Å². The zero-order chi connectivity index (χ0) is 11.5. The molecule has 3 heteroatoms. The first-order chi connectivity index (χ1) is 8.43. The van der Waals surface area contributed by atoms with E-state index in [1.165, 1.54) is 30.6 Å². The summed E-state index contributed by atoms with van der Waals surface area (Å²) in [5, 5.41) is 3.48. The summed E-state index contributed by atoms with van der Waals surface area (Å²) in [5.41, 5.74) is 2.75. The van der Waals surface area contributed by atoms with Gasteiger partial charge in [-0.2, -0.15) is 0 Å². The molecule has 1 aromatic rings. The highest BCUT2D eigenvalue weighted by molar-refractivity contribution is 5.81. The van der Waals surface area contributed by atoms with Crippen molar-refractivity contribution < 1.29 is 0 Å². The molecule has 0 spiro atoms. The Bertz CT molecular complexity index is 408. The molecule has 1 atom stereocenters. The zero-order valence-electron chi connectivity index (χ0n) is 10.1. The van der Waals surface area contributed by atoms with Gasteiger partial charge in [0.05, 0.1) is 12.9 Å². The first kappa shape index (κ1) is 10.8. The smallest absolute Gasteiger partial charge is 0.0895 e. The van der Waals surface area contributed by atoms with Gasteiger partial charge in [-0.3, -0.25) is 4.99 Å². The molecule has 1 aromatic carbocycles. The van der Waals surface area contributed by atoms with Crippen LogP contribution in [0.15, 0.2) is 29.3 Å². The van der Waals surface area contributed by atoms with Crippen LogP contribution in [0.3, 0.4) is 0 Å². The fraction of sp³-hybridized carbons (Fsp3) is 0.500. The van der Waals surface area contributed by atoms with Crippen LogP contribution in [-0.2, 0) is 0 Å². The van der Waals surface area contributed by atoms with Gasteiger partial charge in [0.2, 0.25) is 0 Å². The molecule has 17 heavy (non-hydrogen) atoms. The third kappa shape index (κ3) is 2.34. The van der Waals surface area contributed by atoms with Crippen LogP contribution in [0.2, 0.25) is 0 Å². The van der Waals surface area contributed by atoms with Gasteiger partial charge in [-0.25, -0.2) is 0 Å². The minimum atomic E-state index is 0.684. The Hall–Kier alpha value is -1.35. The van der Waals surface area contributed by atoms with E-state index in [0.29, 0.717) is 5.92 Å². The topological polar surface area (TPSA) is 27.6 Å². The second-order valence-corrected chi connectivity index (χ2v) is 4.85. The molecule has 1 fully saturated rings. The van der Waals surface area contributed by atoms with Crippen LogP contribution in [0.1, 0.15) is 24.3 Å². The number of hydrogen-bond acceptors (Lipinski definition) is 3. The molecule has 2 aliphatic rings. The summed E-state index contributed by atoms with van der Waals surface area (Å²) in [6.45, 7) is 4.24. The number of hydrogen-bond donors (Lipinski definition) is 1. The number of anilines is 1. The van der Waals surface area contributed by atoms with Crippen molar-refractivity contribution in [1.29, 1.82) is 0 Å². The van der Waals surface area contributed by atoms with Crippen molar-refractivity contribution in [3.05, 3.63) is 29.8 Å². The maximum atomic E-state index is 4.27. The van der Waals surface area contributed by atoms with Crippen LogP contribution in [-0.4, -0.2) is 32.5 Å². The average Bonchev–Trinajstić information content (AvgIpc) is 2.94. The quantitative estimate of drug-likeness (QED) is 0.840. The molecule has 0 saturated carbocycles. The number of benzene rings is 1. The van der Waals surface area contributed by atoms with E-state index in [4.69, 9.17) is 0 Å². The second kappa shape index (κ2) is 4.88. The third-order valence-electron chi connectivity index (χ3n) is 3.66. The van der Waals surface area contributed by atoms with Gasteiger partial charge in [0.25, 0.3) is 0 Å². The summed E-state index contributed by atoms with van der Waals surface area (Å²) in [5.74, 6) is 0.684. The Balaban J connectivity index is 1.80. The summed E-state index contributed by atoms with van der Waals surface area (Å²) in [6, 6.07) is 8.94. The van der Waals surface area contributed by atoms with Crippen molar-refractivity contribution in [3.8, 4) is 0 Å². The lowest BCUT2D eigenvalue weighted by Crippen LogP contribution is -2.28. The molecule has 3 rings (SSSR count). The minimum Gasteiger partial charge on any atom is -0.331 e. The predicted octanol–water partition coefficient (Wildman–Crippen LogP) is 2.00. The van der Waals surface area contributed by atoms with E-state index in [-0.39, 0.29) is 0 Å². The summed E-state index contributed by atoms with van der Waals surface area (Å²) < 4.78 is 0. The number of nitrogens with one attached hydrogen (secondary N) is 1. The van der Waals surface area contributed by atoms with Gasteiger partial charge in [0.15, 0.2) is 0 Å². The monoisotopic (exact) mass is 229 g/mol. The van der Waals surface area contributed by atoms with Crippen LogP contribution in [0, 0.1) is 0 Å². The number of nitrogens with zero attached hydrogens (tertiary/aromatic N) is 2. The van der Waals surface area contributed by atoms with Gasteiger partial charge in [-0.05, 0) is 43.0 Å². The zero-order valence-corrected chi connectivity index (χ0v) is 10.1. The first-order valence-corrected chi connectivity index (χ1v) is 6.51. The Morgan fingerprint density at radius 3 is 3.12 bits per heavy atom. The maximum absolute atomic E-state index is 4.27. The third-order valence-corrected chi connectivity index (χ3v) is 3.66. The van der Waals surface area contributed by atoms with Crippen LogP contribution in [0.4, 0.5) is 5.69 Å². The molecule has 2 aliphatic heterocycles. The lowest BCUT2D eigenvalue weighted by molar-refractivity contribution is 0.461. The molecular formula is C14H19N3. The van der Waals surface area contributed by atoms with Crippen molar-refractivity contribution in [2.45, 2.75) is 18.8 Å². The number of rotatable bonds is 2. The van der Waals surface area contributed by atoms with Gasteiger partial charge in [-0.15, -0.1) is 0 Å². The van der Waals surface area contributed by atoms with Crippen LogP contribution >= 0.6 is 0 Å². The Labute approximate surface area is 103 Å². The molecule has 0 radical (unpaired) electrons. The van der Waals surface area contributed by atoms with Gasteiger partial charge in [0.1, 0.15) is 0 Å². The average molecular weight is 229 g/mol. The standard InChI is InChI=1S/C14H19N3/c1-3-12(13-4-2-6-15-10-13)9-14(5-1)17-8-7-16-11-17/h1,3,5,9,11,13,15H,2,4,6-8,10H2. The number of aliphatic imine (C=N–C) groups is 1. The molecule has 1 unspecified atom stereocenters. The van der Waals surface area contributed by atoms with Gasteiger partial charge >= 0.3 is 0 Å². The summed E-state index contributed by atoms with van der Waals surface area (Å²) >= 11 is 0. The van der Waals surface area contributed by atoms with Crippen molar-refractivity contribution >= 4 is 12.0 Å². The Morgan fingerprint density at radius 2 is 2.35 bits per heavy atom. The highest BCUT2D eigenvalue weighted by Gasteiger charge is 2.16. The SMILES string of the molecule is C1=NCCN1c1cccc(C2CCCNC2)c1. The molecule has 0 bridgehead atoms. The van der Waals surface area contributed by atoms with Crippen molar-refractivity contribution in [2.75, 3.05) is 31.1 Å². The molecule has 90 valence electrons. The number of piperidine rings is 1. The Kier molecular flexibility index (Phi) is 3.10. The molecule has 0 amide bonds. The van der Waals surface area contributed by atoms with E-state index in [9.17, 15) is 0 Å². The minimum absolute atomic E-state index is 0.684. The maximum Gasteiger partial charge on any atom is 0.0895 e. The largest absolute Gasteiger partial charge is 0.331 e. The van der Waals surface area contributed by atoms with E-state index in [2.05, 4.69) is 39.5 Å². The van der Waals surface area contributed by atoms with E-state index >= 15 is 0 Å². The lowest BCUT2D eigenvalue weighted by Gasteiger charge is -2.24. The van der Waals surface area contributed by atoms with Gasteiger partial charge in [0, 0.05) is 18.8 Å². The van der Waals surface area contributed by atoms with Crippen LogP contribution in [0.25, 0.3) is 0 Å². The first-order valence-electron chi connectivity index (χ1n) is 6.51.